The highest BCUT2D eigenvalue weighted by molar-refractivity contribution is 5.90. The summed E-state index contributed by atoms with van der Waals surface area (Å²) in [5, 5.41) is 6.11. The van der Waals surface area contributed by atoms with Gasteiger partial charge >= 0.3 is 6.03 Å². The van der Waals surface area contributed by atoms with Gasteiger partial charge in [0, 0.05) is 5.69 Å². The molecule has 3 rings (SSSR count). The normalized spacial score (nSPS) is 15.2. The molecule has 0 heterocycles. The summed E-state index contributed by atoms with van der Waals surface area (Å²) in [5.74, 6) is 0.562. The van der Waals surface area contributed by atoms with Crippen LogP contribution in [0.1, 0.15) is 35.6 Å². The van der Waals surface area contributed by atoms with Crippen LogP contribution in [0.5, 0.6) is 0 Å². The number of urea groups is 1. The van der Waals surface area contributed by atoms with E-state index >= 15 is 0 Å². The van der Waals surface area contributed by atoms with Crippen molar-refractivity contribution >= 4 is 11.7 Å². The van der Waals surface area contributed by atoms with Gasteiger partial charge in [-0.1, -0.05) is 48.0 Å². The SMILES string of the molecule is Cc1ccc(NC(=O)NC(c2ccccc2)C2CC2)c(C)c1. The van der Waals surface area contributed by atoms with Crippen LogP contribution in [-0.2, 0) is 0 Å². The molecule has 2 N–H and O–H groups in total. The van der Waals surface area contributed by atoms with Gasteiger partial charge in [-0.2, -0.15) is 0 Å². The van der Waals surface area contributed by atoms with E-state index in [0.29, 0.717) is 5.92 Å². The minimum absolute atomic E-state index is 0.104. The van der Waals surface area contributed by atoms with Gasteiger partial charge in [0.2, 0.25) is 0 Å². The molecule has 0 saturated heterocycles. The van der Waals surface area contributed by atoms with Crippen LogP contribution in [0.2, 0.25) is 0 Å². The lowest BCUT2D eigenvalue weighted by Crippen LogP contribution is -2.33. The highest BCUT2D eigenvalue weighted by Crippen LogP contribution is 2.40. The fourth-order valence-electron chi connectivity index (χ4n) is 2.82. The molecular formula is C19H22N2O. The first kappa shape index (κ1) is 14.6. The number of hydrogen-bond acceptors (Lipinski definition) is 1. The Hall–Kier alpha value is -2.29. The lowest BCUT2D eigenvalue weighted by Gasteiger charge is -2.19. The van der Waals surface area contributed by atoms with Crippen LogP contribution in [0.3, 0.4) is 0 Å². The van der Waals surface area contributed by atoms with Crippen LogP contribution in [-0.4, -0.2) is 6.03 Å². The number of carbonyl (C=O) groups excluding carboxylic acids is 1. The molecule has 1 saturated carbocycles. The van der Waals surface area contributed by atoms with E-state index < -0.39 is 0 Å². The Kier molecular flexibility index (Phi) is 4.14. The molecule has 1 aliphatic rings. The Morgan fingerprint density at radius 2 is 1.82 bits per heavy atom. The summed E-state index contributed by atoms with van der Waals surface area (Å²) in [6.07, 6.45) is 2.37. The van der Waals surface area contributed by atoms with Gasteiger partial charge in [-0.05, 0) is 49.8 Å². The van der Waals surface area contributed by atoms with Crippen LogP contribution in [0, 0.1) is 19.8 Å². The molecule has 3 nitrogen and oxygen atoms in total. The van der Waals surface area contributed by atoms with E-state index in [0.717, 1.165) is 11.3 Å². The Morgan fingerprint density at radius 1 is 1.09 bits per heavy atom. The predicted octanol–water partition coefficient (Wildman–Crippen LogP) is 4.58. The van der Waals surface area contributed by atoms with Crippen LogP contribution in [0.25, 0.3) is 0 Å². The van der Waals surface area contributed by atoms with Gasteiger partial charge < -0.3 is 10.6 Å². The van der Waals surface area contributed by atoms with E-state index in [1.54, 1.807) is 0 Å². The van der Waals surface area contributed by atoms with E-state index in [2.05, 4.69) is 35.8 Å². The summed E-state index contributed by atoms with van der Waals surface area (Å²) in [5.41, 5.74) is 4.33. The number of rotatable bonds is 4. The molecule has 0 bridgehead atoms. The molecule has 2 aromatic carbocycles. The predicted molar refractivity (Wildman–Crippen MR) is 90.0 cm³/mol. The summed E-state index contributed by atoms with van der Waals surface area (Å²) >= 11 is 0. The van der Waals surface area contributed by atoms with E-state index in [9.17, 15) is 4.79 Å². The van der Waals surface area contributed by atoms with Gasteiger partial charge in [0.15, 0.2) is 0 Å². The second kappa shape index (κ2) is 6.22. The minimum atomic E-state index is -0.132. The van der Waals surface area contributed by atoms with Crippen LogP contribution in [0.4, 0.5) is 10.5 Å². The molecule has 2 aromatic rings. The summed E-state index contributed by atoms with van der Waals surface area (Å²) in [4.78, 5) is 12.3. The van der Waals surface area contributed by atoms with Gasteiger partial charge in [-0.15, -0.1) is 0 Å². The summed E-state index contributed by atoms with van der Waals surface area (Å²) in [7, 11) is 0. The molecule has 114 valence electrons. The highest BCUT2D eigenvalue weighted by Gasteiger charge is 2.33. The largest absolute Gasteiger partial charge is 0.331 e. The number of amides is 2. The zero-order valence-electron chi connectivity index (χ0n) is 13.1. The molecule has 0 aromatic heterocycles. The van der Waals surface area contributed by atoms with Crippen molar-refractivity contribution in [2.75, 3.05) is 5.32 Å². The Balaban J connectivity index is 1.69. The van der Waals surface area contributed by atoms with Crippen LogP contribution < -0.4 is 10.6 Å². The molecule has 1 unspecified atom stereocenters. The average molecular weight is 294 g/mol. The van der Waals surface area contributed by atoms with E-state index in [4.69, 9.17) is 0 Å². The van der Waals surface area contributed by atoms with Crippen molar-refractivity contribution in [3.8, 4) is 0 Å². The second-order valence-corrected chi connectivity index (χ2v) is 6.14. The third-order valence-corrected chi connectivity index (χ3v) is 4.17. The number of carbonyl (C=O) groups is 1. The summed E-state index contributed by atoms with van der Waals surface area (Å²) < 4.78 is 0. The molecular weight excluding hydrogens is 272 g/mol. The van der Waals surface area contributed by atoms with E-state index in [-0.39, 0.29) is 12.1 Å². The average Bonchev–Trinajstić information content (AvgIpc) is 3.33. The maximum Gasteiger partial charge on any atom is 0.319 e. The van der Waals surface area contributed by atoms with Crippen molar-refractivity contribution in [1.82, 2.24) is 5.32 Å². The van der Waals surface area contributed by atoms with Crippen molar-refractivity contribution in [3.05, 3.63) is 65.2 Å². The summed E-state index contributed by atoms with van der Waals surface area (Å²) in [6.45, 7) is 4.06. The Labute approximate surface area is 131 Å². The van der Waals surface area contributed by atoms with Crippen molar-refractivity contribution in [2.24, 2.45) is 5.92 Å². The van der Waals surface area contributed by atoms with Crippen LogP contribution >= 0.6 is 0 Å². The smallest absolute Gasteiger partial charge is 0.319 e. The number of anilines is 1. The molecule has 0 spiro atoms. The van der Waals surface area contributed by atoms with E-state index in [1.165, 1.54) is 24.0 Å². The maximum atomic E-state index is 12.3. The number of benzene rings is 2. The fourth-order valence-corrected chi connectivity index (χ4v) is 2.82. The second-order valence-electron chi connectivity index (χ2n) is 6.14. The van der Waals surface area contributed by atoms with Crippen LogP contribution in [0.15, 0.2) is 48.5 Å². The zero-order chi connectivity index (χ0) is 15.5. The van der Waals surface area contributed by atoms with Gasteiger partial charge in [0.25, 0.3) is 0 Å². The maximum absolute atomic E-state index is 12.3. The van der Waals surface area contributed by atoms with Crippen molar-refractivity contribution in [1.29, 1.82) is 0 Å². The summed E-state index contributed by atoms with van der Waals surface area (Å²) in [6, 6.07) is 16.2. The number of nitrogens with one attached hydrogen (secondary N) is 2. The Morgan fingerprint density at radius 3 is 2.45 bits per heavy atom. The molecule has 1 aliphatic carbocycles. The lowest BCUT2D eigenvalue weighted by molar-refractivity contribution is 0.247. The first-order valence-corrected chi connectivity index (χ1v) is 7.83. The monoisotopic (exact) mass is 294 g/mol. The van der Waals surface area contributed by atoms with Gasteiger partial charge in [-0.3, -0.25) is 0 Å². The first-order chi connectivity index (χ1) is 10.6. The lowest BCUT2D eigenvalue weighted by atomic mass is 10.0. The van der Waals surface area contributed by atoms with Crippen molar-refractivity contribution in [3.63, 3.8) is 0 Å². The first-order valence-electron chi connectivity index (χ1n) is 7.83. The molecule has 0 radical (unpaired) electrons. The van der Waals surface area contributed by atoms with E-state index in [1.807, 2.05) is 37.3 Å². The highest BCUT2D eigenvalue weighted by atomic mass is 16.2. The zero-order valence-corrected chi connectivity index (χ0v) is 13.1. The van der Waals surface area contributed by atoms with Gasteiger partial charge in [0.1, 0.15) is 0 Å². The standard InChI is InChI=1S/C19H22N2O/c1-13-8-11-17(14(2)12-13)20-19(22)21-18(16-9-10-16)15-6-4-3-5-7-15/h3-8,11-12,16,18H,9-10H2,1-2H3,(H2,20,21,22). The minimum Gasteiger partial charge on any atom is -0.331 e. The van der Waals surface area contributed by atoms with Crippen molar-refractivity contribution < 1.29 is 4.79 Å². The third kappa shape index (κ3) is 3.48. The number of aryl methyl sites for hydroxylation is 2. The molecule has 1 fully saturated rings. The van der Waals surface area contributed by atoms with Crippen molar-refractivity contribution in [2.45, 2.75) is 32.7 Å². The third-order valence-electron chi connectivity index (χ3n) is 4.17. The topological polar surface area (TPSA) is 41.1 Å². The molecule has 22 heavy (non-hydrogen) atoms. The fraction of sp³-hybridized carbons (Fsp3) is 0.316. The number of hydrogen-bond donors (Lipinski definition) is 2. The van der Waals surface area contributed by atoms with Gasteiger partial charge in [-0.25, -0.2) is 4.79 Å². The molecule has 2 amide bonds. The molecule has 3 heteroatoms. The quantitative estimate of drug-likeness (QED) is 0.851. The van der Waals surface area contributed by atoms with Gasteiger partial charge in [0.05, 0.1) is 6.04 Å². The molecule has 1 atom stereocenters. The molecule has 0 aliphatic heterocycles. The Bertz CT molecular complexity index is 662.